The van der Waals surface area contributed by atoms with Crippen LogP contribution in [0.4, 0.5) is 0 Å². The van der Waals surface area contributed by atoms with Gasteiger partial charge in [0.25, 0.3) is 0 Å². The van der Waals surface area contributed by atoms with Crippen LogP contribution in [0, 0.1) is 0 Å². The Kier molecular flexibility index (Phi) is 3.48. The average molecular weight is 320 g/mol. The minimum atomic E-state index is -0.358. The molecule has 0 saturated carbocycles. The van der Waals surface area contributed by atoms with Crippen molar-refractivity contribution in [2.75, 3.05) is 0 Å². The third kappa shape index (κ3) is 2.66. The van der Waals surface area contributed by atoms with E-state index in [2.05, 4.69) is 9.97 Å². The summed E-state index contributed by atoms with van der Waals surface area (Å²) in [6.07, 6.45) is 1.71. The van der Waals surface area contributed by atoms with Crippen molar-refractivity contribution >= 4 is 38.4 Å². The lowest BCUT2D eigenvalue weighted by Crippen LogP contribution is -2.06. The molecule has 0 unspecified atom stereocenters. The molecule has 2 heterocycles. The van der Waals surface area contributed by atoms with Crippen molar-refractivity contribution in [1.82, 2.24) is 9.97 Å². The SMILES string of the molecule is O=C(OCc1nc2ccccc2s1)c1cccc2ncccc12. The Morgan fingerprint density at radius 1 is 1.00 bits per heavy atom. The van der Waals surface area contributed by atoms with Crippen LogP contribution in [0.15, 0.2) is 60.8 Å². The molecule has 23 heavy (non-hydrogen) atoms. The minimum Gasteiger partial charge on any atom is -0.455 e. The minimum absolute atomic E-state index is 0.175. The molecule has 4 nitrogen and oxygen atoms in total. The summed E-state index contributed by atoms with van der Waals surface area (Å²) in [6, 6.07) is 17.0. The van der Waals surface area contributed by atoms with Gasteiger partial charge in [0.15, 0.2) is 0 Å². The van der Waals surface area contributed by atoms with Gasteiger partial charge in [-0.15, -0.1) is 11.3 Å². The second-order valence-corrected chi connectivity index (χ2v) is 6.14. The van der Waals surface area contributed by atoms with E-state index in [9.17, 15) is 4.79 Å². The van der Waals surface area contributed by atoms with Gasteiger partial charge in [0, 0.05) is 11.6 Å². The lowest BCUT2D eigenvalue weighted by atomic mass is 10.1. The number of carbonyl (C=O) groups is 1. The molecule has 0 saturated heterocycles. The Morgan fingerprint density at radius 3 is 2.78 bits per heavy atom. The maximum absolute atomic E-state index is 12.4. The molecule has 0 spiro atoms. The van der Waals surface area contributed by atoms with Gasteiger partial charge < -0.3 is 4.74 Å². The molecule has 4 rings (SSSR count). The van der Waals surface area contributed by atoms with Gasteiger partial charge in [-0.2, -0.15) is 0 Å². The summed E-state index contributed by atoms with van der Waals surface area (Å²) in [5.74, 6) is -0.358. The predicted molar refractivity (Wildman–Crippen MR) is 90.5 cm³/mol. The van der Waals surface area contributed by atoms with Crippen LogP contribution in [0.3, 0.4) is 0 Å². The number of nitrogens with zero attached hydrogens (tertiary/aromatic N) is 2. The summed E-state index contributed by atoms with van der Waals surface area (Å²) in [7, 11) is 0. The van der Waals surface area contributed by atoms with Gasteiger partial charge in [-0.3, -0.25) is 4.98 Å². The van der Waals surface area contributed by atoms with Crippen LogP contribution in [-0.2, 0) is 11.3 Å². The Balaban J connectivity index is 1.57. The maximum atomic E-state index is 12.4. The molecular formula is C18H12N2O2S. The number of aromatic nitrogens is 2. The van der Waals surface area contributed by atoms with E-state index in [1.165, 1.54) is 11.3 Å². The first-order chi connectivity index (χ1) is 11.3. The fraction of sp³-hybridized carbons (Fsp3) is 0.0556. The van der Waals surface area contributed by atoms with Crippen LogP contribution < -0.4 is 0 Å². The molecule has 5 heteroatoms. The van der Waals surface area contributed by atoms with Gasteiger partial charge in [-0.25, -0.2) is 9.78 Å². The second kappa shape index (κ2) is 5.78. The Hall–Kier alpha value is -2.79. The third-order valence-corrected chi connectivity index (χ3v) is 4.54. The predicted octanol–water partition coefficient (Wildman–Crippen LogP) is 4.20. The van der Waals surface area contributed by atoms with E-state index in [-0.39, 0.29) is 12.6 Å². The van der Waals surface area contributed by atoms with Crippen LogP contribution in [0.25, 0.3) is 21.1 Å². The van der Waals surface area contributed by atoms with Crippen molar-refractivity contribution in [3.05, 3.63) is 71.4 Å². The molecule has 0 fully saturated rings. The number of esters is 1. The Bertz CT molecular complexity index is 972. The molecule has 0 aliphatic rings. The first-order valence-electron chi connectivity index (χ1n) is 7.16. The number of hydrogen-bond acceptors (Lipinski definition) is 5. The number of ether oxygens (including phenoxy) is 1. The van der Waals surface area contributed by atoms with E-state index < -0.39 is 0 Å². The van der Waals surface area contributed by atoms with Gasteiger partial charge >= 0.3 is 5.97 Å². The van der Waals surface area contributed by atoms with E-state index in [1.54, 1.807) is 12.3 Å². The molecule has 0 radical (unpaired) electrons. The lowest BCUT2D eigenvalue weighted by molar-refractivity contribution is 0.0475. The fourth-order valence-corrected chi connectivity index (χ4v) is 3.35. The number of para-hydroxylation sites is 1. The van der Waals surface area contributed by atoms with Crippen molar-refractivity contribution in [1.29, 1.82) is 0 Å². The topological polar surface area (TPSA) is 52.1 Å². The summed E-state index contributed by atoms with van der Waals surface area (Å²) in [6.45, 7) is 0.175. The molecule has 2 aromatic heterocycles. The normalized spacial score (nSPS) is 11.0. The average Bonchev–Trinajstić information content (AvgIpc) is 3.02. The zero-order valence-electron chi connectivity index (χ0n) is 12.1. The largest absolute Gasteiger partial charge is 0.455 e. The summed E-state index contributed by atoms with van der Waals surface area (Å²) >= 11 is 1.54. The van der Waals surface area contributed by atoms with Gasteiger partial charge in [0.1, 0.15) is 11.6 Å². The summed E-state index contributed by atoms with van der Waals surface area (Å²) in [5, 5.41) is 1.59. The summed E-state index contributed by atoms with van der Waals surface area (Å²) in [5.41, 5.74) is 2.23. The maximum Gasteiger partial charge on any atom is 0.339 e. The van der Waals surface area contributed by atoms with Gasteiger partial charge in [-0.05, 0) is 30.3 Å². The van der Waals surface area contributed by atoms with Gasteiger partial charge in [-0.1, -0.05) is 24.3 Å². The molecule has 0 amide bonds. The van der Waals surface area contributed by atoms with Crippen molar-refractivity contribution < 1.29 is 9.53 Å². The zero-order valence-corrected chi connectivity index (χ0v) is 12.9. The molecular weight excluding hydrogens is 308 g/mol. The van der Waals surface area contributed by atoms with Crippen molar-refractivity contribution in [2.24, 2.45) is 0 Å². The van der Waals surface area contributed by atoms with E-state index in [0.717, 1.165) is 26.1 Å². The smallest absolute Gasteiger partial charge is 0.339 e. The highest BCUT2D eigenvalue weighted by Gasteiger charge is 2.13. The highest BCUT2D eigenvalue weighted by atomic mass is 32.1. The number of pyridine rings is 1. The fourth-order valence-electron chi connectivity index (χ4n) is 2.47. The monoisotopic (exact) mass is 320 g/mol. The molecule has 0 bridgehead atoms. The first-order valence-corrected chi connectivity index (χ1v) is 7.98. The van der Waals surface area contributed by atoms with E-state index in [0.29, 0.717) is 5.56 Å². The number of carbonyl (C=O) groups excluding carboxylic acids is 1. The van der Waals surface area contributed by atoms with Crippen LogP contribution in [0.1, 0.15) is 15.4 Å². The van der Waals surface area contributed by atoms with E-state index in [4.69, 9.17) is 4.74 Å². The van der Waals surface area contributed by atoms with Gasteiger partial charge in [0.2, 0.25) is 0 Å². The quantitative estimate of drug-likeness (QED) is 0.531. The van der Waals surface area contributed by atoms with Crippen LogP contribution in [0.5, 0.6) is 0 Å². The third-order valence-electron chi connectivity index (χ3n) is 3.53. The van der Waals surface area contributed by atoms with Gasteiger partial charge in [0.05, 0.1) is 21.3 Å². The van der Waals surface area contributed by atoms with Crippen molar-refractivity contribution in [3.8, 4) is 0 Å². The van der Waals surface area contributed by atoms with E-state index in [1.807, 2.05) is 48.5 Å². The number of thiazole rings is 1. The van der Waals surface area contributed by atoms with Crippen LogP contribution >= 0.6 is 11.3 Å². The highest BCUT2D eigenvalue weighted by molar-refractivity contribution is 7.18. The molecule has 4 aromatic rings. The first kappa shape index (κ1) is 13.8. The standard InChI is InChI=1S/C18H12N2O2S/c21-18(13-5-3-8-14-12(13)6-4-10-19-14)22-11-17-20-15-7-1-2-9-16(15)23-17/h1-10H,11H2. The molecule has 0 aliphatic carbocycles. The summed E-state index contributed by atoms with van der Waals surface area (Å²) in [4.78, 5) is 21.1. The summed E-state index contributed by atoms with van der Waals surface area (Å²) < 4.78 is 6.52. The number of hydrogen-bond donors (Lipinski definition) is 0. The molecule has 0 aliphatic heterocycles. The number of fused-ring (bicyclic) bond motifs is 2. The molecule has 112 valence electrons. The number of rotatable bonds is 3. The Labute approximate surface area is 136 Å². The number of benzene rings is 2. The molecule has 2 aromatic carbocycles. The zero-order chi connectivity index (χ0) is 15.6. The van der Waals surface area contributed by atoms with Crippen molar-refractivity contribution in [3.63, 3.8) is 0 Å². The second-order valence-electron chi connectivity index (χ2n) is 5.03. The lowest BCUT2D eigenvalue weighted by Gasteiger charge is -2.05. The molecule has 0 N–H and O–H groups in total. The molecule has 0 atom stereocenters. The van der Waals surface area contributed by atoms with Crippen LogP contribution in [0.2, 0.25) is 0 Å². The Morgan fingerprint density at radius 2 is 1.87 bits per heavy atom. The van der Waals surface area contributed by atoms with Crippen molar-refractivity contribution in [2.45, 2.75) is 6.61 Å². The van der Waals surface area contributed by atoms with Crippen LogP contribution in [-0.4, -0.2) is 15.9 Å². The highest BCUT2D eigenvalue weighted by Crippen LogP contribution is 2.23. The van der Waals surface area contributed by atoms with E-state index >= 15 is 0 Å².